The number of thiocarbonyl (C=S) groups is 1. The Labute approximate surface area is 176 Å². The third kappa shape index (κ3) is 4.58. The largest absolute Gasteiger partial charge is 0.465 e. The molecule has 0 bridgehead atoms. The number of esters is 1. The van der Waals surface area contributed by atoms with Crippen LogP contribution in [0.25, 0.3) is 11.1 Å². The van der Waals surface area contributed by atoms with Crippen molar-refractivity contribution < 1.29 is 14.5 Å². The molecule has 2 N–H and O–H groups in total. The van der Waals surface area contributed by atoms with E-state index in [0.29, 0.717) is 16.3 Å². The van der Waals surface area contributed by atoms with Crippen LogP contribution in [0.2, 0.25) is 0 Å². The lowest BCUT2D eigenvalue weighted by Gasteiger charge is -2.11. The van der Waals surface area contributed by atoms with Crippen LogP contribution in [0, 0.1) is 17.0 Å². The molecule has 0 amide bonds. The summed E-state index contributed by atoms with van der Waals surface area (Å²) in [4.78, 5) is 23.7. The molecule has 7 nitrogen and oxygen atoms in total. The number of anilines is 2. The number of nitrogens with one attached hydrogen (secondary N) is 2. The number of hydrogen-bond donors (Lipinski definition) is 2. The standard InChI is InChI=1S/C20H17N3O4S2/c1-12-16(13-6-4-3-5-7-13)17(19(24)27-2)18(29-12)22-20(28)21-14-8-10-15(11-9-14)23(25)26/h3-11H,1-2H3,(H2,21,22,28). The number of carbonyl (C=O) groups is 1. The third-order valence-corrected chi connectivity index (χ3v) is 5.32. The molecule has 0 atom stereocenters. The molecular formula is C20H17N3O4S2. The number of rotatable bonds is 5. The number of nitro groups is 1. The molecule has 0 aliphatic heterocycles. The van der Waals surface area contributed by atoms with Gasteiger partial charge in [-0.3, -0.25) is 10.1 Å². The zero-order valence-electron chi connectivity index (χ0n) is 15.6. The molecule has 0 fully saturated rings. The first-order chi connectivity index (χ1) is 13.9. The zero-order valence-corrected chi connectivity index (χ0v) is 17.2. The first kappa shape index (κ1) is 20.4. The molecule has 29 heavy (non-hydrogen) atoms. The van der Waals surface area contributed by atoms with E-state index in [2.05, 4.69) is 10.6 Å². The summed E-state index contributed by atoms with van der Waals surface area (Å²) in [6.07, 6.45) is 0. The van der Waals surface area contributed by atoms with Crippen LogP contribution < -0.4 is 10.6 Å². The van der Waals surface area contributed by atoms with Crippen LogP contribution >= 0.6 is 23.6 Å². The van der Waals surface area contributed by atoms with Gasteiger partial charge in [-0.05, 0) is 36.8 Å². The van der Waals surface area contributed by atoms with Crippen molar-refractivity contribution in [2.24, 2.45) is 0 Å². The number of carbonyl (C=O) groups excluding carboxylic acids is 1. The Hall–Kier alpha value is -3.30. The van der Waals surface area contributed by atoms with E-state index >= 15 is 0 Å². The number of non-ortho nitro benzene ring substituents is 1. The fourth-order valence-electron chi connectivity index (χ4n) is 2.81. The maximum Gasteiger partial charge on any atom is 0.341 e. The second-order valence-corrected chi connectivity index (χ2v) is 7.61. The SMILES string of the molecule is COC(=O)c1c(NC(=S)Nc2ccc([N+](=O)[O-])cc2)sc(C)c1-c1ccccc1. The Morgan fingerprint density at radius 1 is 1.10 bits per heavy atom. The van der Waals surface area contributed by atoms with Crippen LogP contribution in [0.5, 0.6) is 0 Å². The van der Waals surface area contributed by atoms with Gasteiger partial charge in [0.15, 0.2) is 5.11 Å². The van der Waals surface area contributed by atoms with Crippen LogP contribution in [0.4, 0.5) is 16.4 Å². The second-order valence-electron chi connectivity index (χ2n) is 5.98. The summed E-state index contributed by atoms with van der Waals surface area (Å²) in [5.41, 5.74) is 2.69. The Kier molecular flexibility index (Phi) is 6.20. The van der Waals surface area contributed by atoms with Crippen molar-refractivity contribution >= 4 is 51.0 Å². The minimum atomic E-state index is -0.470. The molecule has 1 aromatic heterocycles. The van der Waals surface area contributed by atoms with E-state index in [0.717, 1.165) is 16.0 Å². The molecule has 0 aliphatic carbocycles. The van der Waals surface area contributed by atoms with Crippen LogP contribution in [0.1, 0.15) is 15.2 Å². The lowest BCUT2D eigenvalue weighted by Crippen LogP contribution is -2.20. The van der Waals surface area contributed by atoms with Crippen molar-refractivity contribution in [3.8, 4) is 11.1 Å². The fourth-order valence-corrected chi connectivity index (χ4v) is 4.17. The molecule has 9 heteroatoms. The predicted octanol–water partition coefficient (Wildman–Crippen LogP) is 5.23. The molecule has 0 radical (unpaired) electrons. The molecule has 0 saturated heterocycles. The topological polar surface area (TPSA) is 93.5 Å². The molecule has 1 heterocycles. The monoisotopic (exact) mass is 427 g/mol. The lowest BCUT2D eigenvalue weighted by atomic mass is 10.0. The van der Waals surface area contributed by atoms with Crippen molar-refractivity contribution in [2.45, 2.75) is 6.92 Å². The number of nitrogens with zero attached hydrogens (tertiary/aromatic N) is 1. The van der Waals surface area contributed by atoms with Crippen molar-refractivity contribution in [3.63, 3.8) is 0 Å². The number of aryl methyl sites for hydroxylation is 1. The van der Waals surface area contributed by atoms with Crippen molar-refractivity contribution in [1.29, 1.82) is 0 Å². The summed E-state index contributed by atoms with van der Waals surface area (Å²) < 4.78 is 4.99. The Balaban J connectivity index is 1.87. The number of hydrogen-bond acceptors (Lipinski definition) is 6. The van der Waals surface area contributed by atoms with Gasteiger partial charge in [-0.15, -0.1) is 11.3 Å². The van der Waals surface area contributed by atoms with Crippen LogP contribution in [0.15, 0.2) is 54.6 Å². The first-order valence-corrected chi connectivity index (χ1v) is 9.72. The van der Waals surface area contributed by atoms with E-state index in [-0.39, 0.29) is 10.8 Å². The molecule has 0 unspecified atom stereocenters. The van der Waals surface area contributed by atoms with Gasteiger partial charge in [0.1, 0.15) is 10.6 Å². The van der Waals surface area contributed by atoms with E-state index in [1.165, 1.54) is 30.6 Å². The molecule has 0 aliphatic rings. The first-order valence-electron chi connectivity index (χ1n) is 8.50. The number of nitro benzene ring substituents is 1. The van der Waals surface area contributed by atoms with Crippen molar-refractivity contribution in [3.05, 3.63) is 75.2 Å². The number of ether oxygens (including phenoxy) is 1. The van der Waals surface area contributed by atoms with Gasteiger partial charge in [0.25, 0.3) is 5.69 Å². The van der Waals surface area contributed by atoms with E-state index in [1.807, 2.05) is 37.3 Å². The van der Waals surface area contributed by atoms with Gasteiger partial charge in [-0.2, -0.15) is 0 Å². The molecular weight excluding hydrogens is 410 g/mol. The van der Waals surface area contributed by atoms with Crippen LogP contribution in [-0.2, 0) is 4.74 Å². The smallest absolute Gasteiger partial charge is 0.341 e. The van der Waals surface area contributed by atoms with Gasteiger partial charge in [-0.1, -0.05) is 30.3 Å². The Bertz CT molecular complexity index is 1060. The maximum absolute atomic E-state index is 12.5. The quantitative estimate of drug-likeness (QED) is 0.249. The van der Waals surface area contributed by atoms with Gasteiger partial charge < -0.3 is 15.4 Å². The summed E-state index contributed by atoms with van der Waals surface area (Å²) in [7, 11) is 1.33. The lowest BCUT2D eigenvalue weighted by molar-refractivity contribution is -0.384. The summed E-state index contributed by atoms with van der Waals surface area (Å²) in [5.74, 6) is -0.464. The highest BCUT2D eigenvalue weighted by atomic mass is 32.1. The average molecular weight is 428 g/mol. The predicted molar refractivity (Wildman–Crippen MR) is 119 cm³/mol. The van der Waals surface area contributed by atoms with E-state index in [4.69, 9.17) is 17.0 Å². The Morgan fingerprint density at radius 3 is 2.34 bits per heavy atom. The van der Waals surface area contributed by atoms with Gasteiger partial charge in [-0.25, -0.2) is 4.79 Å². The summed E-state index contributed by atoms with van der Waals surface area (Å²) in [6, 6.07) is 15.5. The minimum Gasteiger partial charge on any atom is -0.465 e. The Morgan fingerprint density at radius 2 is 1.76 bits per heavy atom. The highest BCUT2D eigenvalue weighted by Crippen LogP contribution is 2.40. The van der Waals surface area contributed by atoms with Gasteiger partial charge in [0.2, 0.25) is 0 Å². The molecule has 2 aromatic carbocycles. The highest BCUT2D eigenvalue weighted by Gasteiger charge is 2.24. The van der Waals surface area contributed by atoms with Crippen molar-refractivity contribution in [1.82, 2.24) is 0 Å². The third-order valence-electron chi connectivity index (χ3n) is 4.10. The van der Waals surface area contributed by atoms with Gasteiger partial charge >= 0.3 is 5.97 Å². The minimum absolute atomic E-state index is 0.0104. The van der Waals surface area contributed by atoms with Crippen LogP contribution in [-0.4, -0.2) is 23.1 Å². The normalized spacial score (nSPS) is 10.3. The van der Waals surface area contributed by atoms with E-state index < -0.39 is 10.9 Å². The zero-order chi connectivity index (χ0) is 21.0. The number of benzene rings is 2. The average Bonchev–Trinajstić information content (AvgIpc) is 3.03. The van der Waals surface area contributed by atoms with Gasteiger partial charge in [0.05, 0.1) is 12.0 Å². The molecule has 3 rings (SSSR count). The number of methoxy groups -OCH3 is 1. The second kappa shape index (κ2) is 8.80. The summed E-state index contributed by atoms with van der Waals surface area (Å²) in [5, 5.41) is 17.6. The molecule has 3 aromatic rings. The van der Waals surface area contributed by atoms with Crippen LogP contribution in [0.3, 0.4) is 0 Å². The van der Waals surface area contributed by atoms with Gasteiger partial charge in [0, 0.05) is 28.3 Å². The molecule has 148 valence electrons. The van der Waals surface area contributed by atoms with E-state index in [9.17, 15) is 14.9 Å². The maximum atomic E-state index is 12.5. The highest BCUT2D eigenvalue weighted by molar-refractivity contribution is 7.80. The van der Waals surface area contributed by atoms with E-state index in [1.54, 1.807) is 12.1 Å². The number of thiophene rings is 1. The summed E-state index contributed by atoms with van der Waals surface area (Å²) >= 11 is 6.75. The van der Waals surface area contributed by atoms with Crippen molar-refractivity contribution in [2.75, 3.05) is 17.7 Å². The summed E-state index contributed by atoms with van der Waals surface area (Å²) in [6.45, 7) is 1.93. The molecule has 0 spiro atoms. The molecule has 0 saturated carbocycles. The fraction of sp³-hybridized carbons (Fsp3) is 0.100.